The van der Waals surface area contributed by atoms with Gasteiger partial charge < -0.3 is 4.98 Å². The summed E-state index contributed by atoms with van der Waals surface area (Å²) in [7, 11) is 0. The van der Waals surface area contributed by atoms with Crippen molar-refractivity contribution in [3.05, 3.63) is 89.0 Å². The fourth-order valence-electron chi connectivity index (χ4n) is 3.67. The van der Waals surface area contributed by atoms with E-state index in [2.05, 4.69) is 25.9 Å². The van der Waals surface area contributed by atoms with Crippen LogP contribution in [0.2, 0.25) is 0 Å². The molecule has 0 atom stereocenters. The molecule has 0 spiro atoms. The number of carbonyl (C=O) groups is 3. The number of nitrogens with one attached hydrogen (secondary N) is 3. The molecule has 9 heteroatoms. The minimum atomic E-state index is -0.678. The van der Waals surface area contributed by atoms with E-state index in [0.717, 1.165) is 11.3 Å². The van der Waals surface area contributed by atoms with Gasteiger partial charge in [-0.15, -0.1) is 5.10 Å². The number of hydrogen-bond donors (Lipinski definition) is 3. The molecule has 2 aromatic heterocycles. The summed E-state index contributed by atoms with van der Waals surface area (Å²) in [6.45, 7) is 4.82. The van der Waals surface area contributed by atoms with Gasteiger partial charge in [-0.3, -0.25) is 25.2 Å². The zero-order valence-corrected chi connectivity index (χ0v) is 18.3. The number of nitrogens with zero attached hydrogens (tertiary/aromatic N) is 3. The topological polar surface area (TPSA) is 122 Å². The number of para-hydroxylation sites is 1. The molecule has 166 valence electrons. The zero-order chi connectivity index (χ0) is 23.5. The number of benzene rings is 2. The average molecular weight is 442 g/mol. The van der Waals surface area contributed by atoms with Crippen molar-refractivity contribution in [1.29, 1.82) is 0 Å². The van der Waals surface area contributed by atoms with Crippen LogP contribution in [0.3, 0.4) is 0 Å². The fraction of sp³-hybridized carbons (Fsp3) is 0.125. The van der Waals surface area contributed by atoms with Gasteiger partial charge in [-0.1, -0.05) is 48.5 Å². The van der Waals surface area contributed by atoms with Gasteiger partial charge in [-0.25, -0.2) is 9.67 Å². The molecule has 2 amide bonds. The maximum Gasteiger partial charge on any atom is 0.309 e. The standard InChI is InChI=1S/C24H22N6O3/c1-14-19(16(3)31)15(2)25-20(14)23(32)27-28-24(33)21-26-22(17-10-6-4-7-11-17)30(29-21)18-12-8-5-9-13-18/h4-13,25H,1-3H3,(H,27,32)(H,28,33). The highest BCUT2D eigenvalue weighted by Crippen LogP contribution is 2.21. The number of aromatic nitrogens is 4. The molecule has 0 saturated heterocycles. The van der Waals surface area contributed by atoms with E-state index < -0.39 is 11.8 Å². The minimum Gasteiger partial charge on any atom is -0.354 e. The van der Waals surface area contributed by atoms with Gasteiger partial charge in [0.2, 0.25) is 5.82 Å². The predicted octanol–water partition coefficient (Wildman–Crippen LogP) is 3.16. The lowest BCUT2D eigenvalue weighted by atomic mass is 10.1. The highest BCUT2D eigenvalue weighted by Gasteiger charge is 2.22. The molecule has 0 radical (unpaired) electrons. The number of aromatic amines is 1. The number of H-pyrrole nitrogens is 1. The molecular weight excluding hydrogens is 420 g/mol. The van der Waals surface area contributed by atoms with Crippen LogP contribution in [-0.4, -0.2) is 37.3 Å². The lowest BCUT2D eigenvalue weighted by Gasteiger charge is -2.05. The molecule has 9 nitrogen and oxygen atoms in total. The van der Waals surface area contributed by atoms with Crippen molar-refractivity contribution in [1.82, 2.24) is 30.6 Å². The number of rotatable bonds is 5. The van der Waals surface area contributed by atoms with Crippen LogP contribution in [0, 0.1) is 13.8 Å². The summed E-state index contributed by atoms with van der Waals surface area (Å²) in [6, 6.07) is 18.7. The Balaban J connectivity index is 1.58. The first kappa shape index (κ1) is 21.7. The molecule has 33 heavy (non-hydrogen) atoms. The van der Waals surface area contributed by atoms with Crippen LogP contribution >= 0.6 is 0 Å². The Kier molecular flexibility index (Phi) is 5.86. The minimum absolute atomic E-state index is 0.109. The Hall–Kier alpha value is -4.53. The second kappa shape index (κ2) is 8.91. The van der Waals surface area contributed by atoms with Crippen LogP contribution in [0.1, 0.15) is 49.6 Å². The molecule has 0 bridgehead atoms. The second-order valence-electron chi connectivity index (χ2n) is 7.46. The molecule has 4 aromatic rings. The van der Waals surface area contributed by atoms with E-state index in [9.17, 15) is 14.4 Å². The number of amides is 2. The van der Waals surface area contributed by atoms with E-state index in [4.69, 9.17) is 0 Å². The van der Waals surface area contributed by atoms with Gasteiger partial charge in [0.05, 0.1) is 5.69 Å². The highest BCUT2D eigenvalue weighted by molar-refractivity contribution is 6.03. The van der Waals surface area contributed by atoms with E-state index in [0.29, 0.717) is 22.6 Å². The molecular formula is C24H22N6O3. The van der Waals surface area contributed by atoms with Gasteiger partial charge in [0.25, 0.3) is 5.91 Å². The number of ketones is 1. The zero-order valence-electron chi connectivity index (χ0n) is 18.3. The molecule has 2 heterocycles. The van der Waals surface area contributed by atoms with Crippen molar-refractivity contribution in [3.63, 3.8) is 0 Å². The first-order valence-corrected chi connectivity index (χ1v) is 10.3. The number of hydrogen-bond acceptors (Lipinski definition) is 5. The fourth-order valence-corrected chi connectivity index (χ4v) is 3.67. The summed E-state index contributed by atoms with van der Waals surface area (Å²) >= 11 is 0. The monoisotopic (exact) mass is 442 g/mol. The first-order valence-electron chi connectivity index (χ1n) is 10.3. The molecule has 3 N–H and O–H groups in total. The lowest BCUT2D eigenvalue weighted by molar-refractivity contribution is 0.0838. The molecule has 0 unspecified atom stereocenters. The molecule has 0 aliphatic carbocycles. The Morgan fingerprint density at radius 2 is 1.48 bits per heavy atom. The van der Waals surface area contributed by atoms with Crippen molar-refractivity contribution < 1.29 is 14.4 Å². The Morgan fingerprint density at radius 1 is 0.879 bits per heavy atom. The van der Waals surface area contributed by atoms with Crippen LogP contribution in [-0.2, 0) is 0 Å². The Bertz CT molecular complexity index is 1280. The predicted molar refractivity (Wildman–Crippen MR) is 122 cm³/mol. The van der Waals surface area contributed by atoms with Crippen molar-refractivity contribution in [3.8, 4) is 17.1 Å². The van der Waals surface area contributed by atoms with Crippen LogP contribution in [0.4, 0.5) is 0 Å². The number of hydrazine groups is 1. The van der Waals surface area contributed by atoms with Crippen LogP contribution in [0.15, 0.2) is 60.7 Å². The summed E-state index contributed by atoms with van der Waals surface area (Å²) in [4.78, 5) is 44.4. The van der Waals surface area contributed by atoms with E-state index in [1.165, 1.54) is 6.92 Å². The van der Waals surface area contributed by atoms with Gasteiger partial charge >= 0.3 is 5.91 Å². The van der Waals surface area contributed by atoms with Crippen molar-refractivity contribution in [2.24, 2.45) is 0 Å². The van der Waals surface area contributed by atoms with Gasteiger partial charge in [-0.05, 0) is 38.5 Å². The summed E-state index contributed by atoms with van der Waals surface area (Å²) < 4.78 is 1.57. The van der Waals surface area contributed by atoms with E-state index >= 15 is 0 Å². The van der Waals surface area contributed by atoms with Crippen LogP contribution in [0.25, 0.3) is 17.1 Å². The van der Waals surface area contributed by atoms with Crippen LogP contribution < -0.4 is 10.9 Å². The normalized spacial score (nSPS) is 10.6. The second-order valence-corrected chi connectivity index (χ2v) is 7.46. The lowest BCUT2D eigenvalue weighted by Crippen LogP contribution is -2.42. The average Bonchev–Trinajstić information content (AvgIpc) is 3.39. The maximum absolute atomic E-state index is 12.7. The van der Waals surface area contributed by atoms with Crippen molar-refractivity contribution in [2.75, 3.05) is 0 Å². The number of aryl methyl sites for hydroxylation is 1. The first-order chi connectivity index (χ1) is 15.9. The summed E-state index contributed by atoms with van der Waals surface area (Å²) in [5.74, 6) is -1.03. The molecule has 0 saturated carbocycles. The van der Waals surface area contributed by atoms with Gasteiger partial charge in [0, 0.05) is 16.8 Å². The third kappa shape index (κ3) is 4.29. The highest BCUT2D eigenvalue weighted by atomic mass is 16.2. The molecule has 0 aliphatic rings. The third-order valence-corrected chi connectivity index (χ3v) is 5.15. The SMILES string of the molecule is CC(=O)c1c(C)[nH]c(C(=O)NNC(=O)c2nc(-c3ccccc3)n(-c3ccccc3)n2)c1C. The number of Topliss-reactive ketones (excluding diaryl/α,β-unsaturated/α-hetero) is 1. The van der Waals surface area contributed by atoms with E-state index in [-0.39, 0.29) is 17.3 Å². The molecule has 0 aliphatic heterocycles. The number of carbonyl (C=O) groups excluding carboxylic acids is 3. The van der Waals surface area contributed by atoms with Crippen molar-refractivity contribution >= 4 is 17.6 Å². The molecule has 2 aromatic carbocycles. The smallest absolute Gasteiger partial charge is 0.309 e. The summed E-state index contributed by atoms with van der Waals surface area (Å²) in [5, 5.41) is 4.36. The van der Waals surface area contributed by atoms with Crippen molar-refractivity contribution in [2.45, 2.75) is 20.8 Å². The van der Waals surface area contributed by atoms with Gasteiger partial charge in [-0.2, -0.15) is 0 Å². The van der Waals surface area contributed by atoms with Gasteiger partial charge in [0.1, 0.15) is 5.69 Å². The Labute approximate surface area is 189 Å². The molecule has 4 rings (SSSR count). The summed E-state index contributed by atoms with van der Waals surface area (Å²) in [5.41, 5.74) is 7.99. The van der Waals surface area contributed by atoms with Gasteiger partial charge in [0.15, 0.2) is 11.6 Å². The maximum atomic E-state index is 12.7. The quantitative estimate of drug-likeness (QED) is 0.324. The molecule has 0 fully saturated rings. The largest absolute Gasteiger partial charge is 0.354 e. The van der Waals surface area contributed by atoms with E-state index in [1.54, 1.807) is 18.5 Å². The Morgan fingerprint density at radius 3 is 2.09 bits per heavy atom. The summed E-state index contributed by atoms with van der Waals surface area (Å²) in [6.07, 6.45) is 0. The third-order valence-electron chi connectivity index (χ3n) is 5.15. The van der Waals surface area contributed by atoms with Crippen LogP contribution in [0.5, 0.6) is 0 Å². The van der Waals surface area contributed by atoms with E-state index in [1.807, 2.05) is 60.7 Å².